The first-order valence-corrected chi connectivity index (χ1v) is 7.80. The van der Waals surface area contributed by atoms with Crippen LogP contribution in [-0.2, 0) is 25.6 Å². The lowest BCUT2D eigenvalue weighted by Crippen LogP contribution is -2.46. The first-order valence-electron chi connectivity index (χ1n) is 7.43. The van der Waals surface area contributed by atoms with Crippen LogP contribution in [0.4, 0.5) is 0 Å². The first kappa shape index (κ1) is 17.7. The predicted octanol–water partition coefficient (Wildman–Crippen LogP) is 1.57. The molecule has 2 rings (SSSR count). The van der Waals surface area contributed by atoms with Crippen LogP contribution in [0.2, 0.25) is 5.02 Å². The molecular formula is C16H21ClN2O4. The van der Waals surface area contributed by atoms with Gasteiger partial charge in [0.15, 0.2) is 6.29 Å². The number of nitrogens with zero attached hydrogens (tertiary/aromatic N) is 1. The summed E-state index contributed by atoms with van der Waals surface area (Å²) in [4.78, 5) is 26.0. The summed E-state index contributed by atoms with van der Waals surface area (Å²) in [6.45, 7) is 0.561. The zero-order valence-electron chi connectivity index (χ0n) is 13.3. The monoisotopic (exact) mass is 340 g/mol. The molecule has 126 valence electrons. The largest absolute Gasteiger partial charge is 0.354 e. The van der Waals surface area contributed by atoms with E-state index in [1.165, 1.54) is 14.2 Å². The number of benzene rings is 1. The van der Waals surface area contributed by atoms with Gasteiger partial charge in [-0.25, -0.2) is 0 Å². The molecule has 1 atom stereocenters. The second-order valence-corrected chi connectivity index (χ2v) is 5.72. The Morgan fingerprint density at radius 3 is 2.74 bits per heavy atom. The van der Waals surface area contributed by atoms with E-state index in [0.717, 1.165) is 5.56 Å². The summed E-state index contributed by atoms with van der Waals surface area (Å²) in [5, 5.41) is 3.35. The summed E-state index contributed by atoms with van der Waals surface area (Å²) >= 11 is 6.15. The Hall–Kier alpha value is -1.63. The van der Waals surface area contributed by atoms with Crippen LogP contribution < -0.4 is 5.32 Å². The van der Waals surface area contributed by atoms with E-state index in [4.69, 9.17) is 21.1 Å². The molecule has 0 radical (unpaired) electrons. The Kier molecular flexibility index (Phi) is 6.38. The van der Waals surface area contributed by atoms with Crippen molar-refractivity contribution in [1.29, 1.82) is 0 Å². The highest BCUT2D eigenvalue weighted by molar-refractivity contribution is 6.31. The molecule has 1 N–H and O–H groups in total. The number of halogens is 1. The maximum absolute atomic E-state index is 12.4. The van der Waals surface area contributed by atoms with E-state index >= 15 is 0 Å². The Morgan fingerprint density at radius 1 is 1.39 bits per heavy atom. The van der Waals surface area contributed by atoms with Gasteiger partial charge in [-0.2, -0.15) is 0 Å². The molecule has 0 aliphatic carbocycles. The number of nitrogens with one attached hydrogen (secondary N) is 1. The van der Waals surface area contributed by atoms with Gasteiger partial charge in [-0.15, -0.1) is 0 Å². The summed E-state index contributed by atoms with van der Waals surface area (Å²) in [6.07, 6.45) is 0.355. The zero-order chi connectivity index (χ0) is 16.8. The molecule has 1 heterocycles. The minimum absolute atomic E-state index is 0.0416. The van der Waals surface area contributed by atoms with Crippen LogP contribution in [0.25, 0.3) is 0 Å². The number of carbonyl (C=O) groups excluding carboxylic acids is 2. The van der Waals surface area contributed by atoms with Crippen molar-refractivity contribution in [2.24, 2.45) is 0 Å². The van der Waals surface area contributed by atoms with Crippen LogP contribution in [0.3, 0.4) is 0 Å². The normalized spacial score (nSPS) is 17.8. The maximum atomic E-state index is 12.4. The van der Waals surface area contributed by atoms with Gasteiger partial charge in [0.05, 0.1) is 6.54 Å². The molecular weight excluding hydrogens is 320 g/mol. The molecule has 0 aromatic heterocycles. The number of likely N-dealkylation sites (tertiary alicyclic amines) is 1. The molecule has 23 heavy (non-hydrogen) atoms. The molecule has 0 bridgehead atoms. The Balaban J connectivity index is 2.01. The van der Waals surface area contributed by atoms with E-state index in [-0.39, 0.29) is 18.4 Å². The number of ether oxygens (including phenoxy) is 2. The summed E-state index contributed by atoms with van der Waals surface area (Å²) in [7, 11) is 3.01. The van der Waals surface area contributed by atoms with Crippen LogP contribution in [0.5, 0.6) is 0 Å². The van der Waals surface area contributed by atoms with Crippen molar-refractivity contribution >= 4 is 23.4 Å². The van der Waals surface area contributed by atoms with Gasteiger partial charge in [-0.3, -0.25) is 9.59 Å². The van der Waals surface area contributed by atoms with Gasteiger partial charge in [-0.05, 0) is 18.1 Å². The number of hydrogen-bond donors (Lipinski definition) is 1. The highest BCUT2D eigenvalue weighted by Crippen LogP contribution is 2.24. The topological polar surface area (TPSA) is 67.9 Å². The van der Waals surface area contributed by atoms with Gasteiger partial charge in [0.2, 0.25) is 11.8 Å². The molecule has 0 unspecified atom stereocenters. The van der Waals surface area contributed by atoms with Crippen molar-refractivity contribution in [2.45, 2.75) is 31.7 Å². The zero-order valence-corrected chi connectivity index (χ0v) is 14.0. The van der Waals surface area contributed by atoms with E-state index in [1.54, 1.807) is 11.0 Å². The molecule has 1 saturated heterocycles. The van der Waals surface area contributed by atoms with E-state index in [9.17, 15) is 9.59 Å². The molecule has 1 aliphatic heterocycles. The SMILES string of the molecule is COC(CNC(=O)[C@@H]1CCC(=O)N1Cc1ccccc1Cl)OC. The number of rotatable bonds is 7. The quantitative estimate of drug-likeness (QED) is 0.765. The average Bonchev–Trinajstić information content (AvgIpc) is 2.91. The highest BCUT2D eigenvalue weighted by atomic mass is 35.5. The Bertz CT molecular complexity index is 563. The van der Waals surface area contributed by atoms with Gasteiger partial charge in [-0.1, -0.05) is 29.8 Å². The second kappa shape index (κ2) is 8.29. The van der Waals surface area contributed by atoms with E-state index in [1.807, 2.05) is 18.2 Å². The lowest BCUT2D eigenvalue weighted by molar-refractivity contribution is -0.138. The van der Waals surface area contributed by atoms with Crippen molar-refractivity contribution in [2.75, 3.05) is 20.8 Å². The summed E-state index contributed by atoms with van der Waals surface area (Å²) < 4.78 is 10.1. The van der Waals surface area contributed by atoms with Crippen LogP contribution in [0.15, 0.2) is 24.3 Å². The molecule has 0 spiro atoms. The van der Waals surface area contributed by atoms with Crippen LogP contribution in [0.1, 0.15) is 18.4 Å². The molecule has 1 aromatic carbocycles. The van der Waals surface area contributed by atoms with Crippen molar-refractivity contribution in [3.8, 4) is 0 Å². The first-order chi connectivity index (χ1) is 11.1. The van der Waals surface area contributed by atoms with Gasteiger partial charge in [0.25, 0.3) is 0 Å². The molecule has 1 aromatic rings. The van der Waals surface area contributed by atoms with E-state index in [2.05, 4.69) is 5.32 Å². The lowest BCUT2D eigenvalue weighted by Gasteiger charge is -2.25. The maximum Gasteiger partial charge on any atom is 0.243 e. The fraction of sp³-hybridized carbons (Fsp3) is 0.500. The van der Waals surface area contributed by atoms with Crippen molar-refractivity contribution in [3.63, 3.8) is 0 Å². The standard InChI is InChI=1S/C16H21ClN2O4/c1-22-15(23-2)9-18-16(21)13-7-8-14(20)19(13)10-11-5-3-4-6-12(11)17/h3-6,13,15H,7-10H2,1-2H3,(H,18,21)/t13-/m0/s1. The van der Waals surface area contributed by atoms with Crippen LogP contribution in [0, 0.1) is 0 Å². The van der Waals surface area contributed by atoms with Crippen LogP contribution in [-0.4, -0.2) is 49.8 Å². The molecule has 7 heteroatoms. The van der Waals surface area contributed by atoms with Crippen molar-refractivity contribution in [1.82, 2.24) is 10.2 Å². The van der Waals surface area contributed by atoms with Gasteiger partial charge in [0, 0.05) is 32.2 Å². The molecule has 0 saturated carbocycles. The molecule has 1 fully saturated rings. The summed E-state index contributed by atoms with van der Waals surface area (Å²) in [5.74, 6) is -0.248. The number of amides is 2. The van der Waals surface area contributed by atoms with E-state index < -0.39 is 12.3 Å². The fourth-order valence-electron chi connectivity index (χ4n) is 2.58. The van der Waals surface area contributed by atoms with Crippen molar-refractivity contribution in [3.05, 3.63) is 34.9 Å². The second-order valence-electron chi connectivity index (χ2n) is 5.31. The minimum atomic E-state index is -0.506. The molecule has 1 aliphatic rings. The predicted molar refractivity (Wildman–Crippen MR) is 85.8 cm³/mol. The van der Waals surface area contributed by atoms with E-state index in [0.29, 0.717) is 24.4 Å². The Morgan fingerprint density at radius 2 is 2.09 bits per heavy atom. The Labute approximate surface area is 140 Å². The number of hydrogen-bond acceptors (Lipinski definition) is 4. The third-order valence-corrected chi connectivity index (χ3v) is 4.27. The van der Waals surface area contributed by atoms with Gasteiger partial charge < -0.3 is 19.7 Å². The fourth-order valence-corrected chi connectivity index (χ4v) is 2.77. The van der Waals surface area contributed by atoms with Gasteiger partial charge >= 0.3 is 0 Å². The number of carbonyl (C=O) groups is 2. The smallest absolute Gasteiger partial charge is 0.243 e. The molecule has 2 amide bonds. The molecule has 6 nitrogen and oxygen atoms in total. The third kappa shape index (κ3) is 4.43. The van der Waals surface area contributed by atoms with Crippen molar-refractivity contribution < 1.29 is 19.1 Å². The summed E-state index contributed by atoms with van der Waals surface area (Å²) in [6, 6.07) is 6.83. The number of methoxy groups -OCH3 is 2. The minimum Gasteiger partial charge on any atom is -0.354 e. The lowest BCUT2D eigenvalue weighted by atomic mass is 10.1. The van der Waals surface area contributed by atoms with Crippen LogP contribution >= 0.6 is 11.6 Å². The average molecular weight is 341 g/mol. The summed E-state index contributed by atoms with van der Waals surface area (Å²) in [5.41, 5.74) is 0.828. The highest BCUT2D eigenvalue weighted by Gasteiger charge is 2.36. The third-order valence-electron chi connectivity index (χ3n) is 3.90. The van der Waals surface area contributed by atoms with Gasteiger partial charge in [0.1, 0.15) is 6.04 Å².